The van der Waals surface area contributed by atoms with Gasteiger partial charge < -0.3 is 9.47 Å². The molecule has 0 aromatic carbocycles. The van der Waals surface area contributed by atoms with E-state index in [1.807, 2.05) is 50.5 Å². The molecule has 0 aliphatic carbocycles. The highest BCUT2D eigenvalue weighted by Crippen LogP contribution is 2.35. The molecule has 4 rings (SSSR count). The van der Waals surface area contributed by atoms with E-state index in [0.717, 1.165) is 30.0 Å². The van der Waals surface area contributed by atoms with Crippen molar-refractivity contribution in [3.05, 3.63) is 51.7 Å². The van der Waals surface area contributed by atoms with Crippen LogP contribution >= 0.6 is 0 Å². The Morgan fingerprint density at radius 3 is 2.65 bits per heavy atom. The van der Waals surface area contributed by atoms with Gasteiger partial charge in [0.1, 0.15) is 0 Å². The van der Waals surface area contributed by atoms with Crippen molar-refractivity contribution in [3.8, 4) is 0 Å². The smallest absolute Gasteiger partial charge is 0.253 e. The van der Waals surface area contributed by atoms with Crippen LogP contribution in [0.2, 0.25) is 0 Å². The largest absolute Gasteiger partial charge is 0.341 e. The van der Waals surface area contributed by atoms with Crippen LogP contribution in [0.15, 0.2) is 34.1 Å². The fourth-order valence-electron chi connectivity index (χ4n) is 4.65. The fraction of sp³-hybridized carbons (Fsp3) is 0.522. The van der Waals surface area contributed by atoms with E-state index >= 15 is 0 Å². The predicted octanol–water partition coefficient (Wildman–Crippen LogP) is 2.52. The lowest BCUT2D eigenvalue weighted by Crippen LogP contribution is -2.53. The third kappa shape index (κ3) is 4.84. The lowest BCUT2D eigenvalue weighted by atomic mass is 9.83. The number of amides is 1. The highest BCUT2D eigenvalue weighted by Gasteiger charge is 2.36. The van der Waals surface area contributed by atoms with Crippen LogP contribution in [-0.2, 0) is 11.3 Å². The van der Waals surface area contributed by atoms with Gasteiger partial charge in [-0.1, -0.05) is 19.9 Å². The van der Waals surface area contributed by atoms with Gasteiger partial charge in [0.15, 0.2) is 0 Å². The Bertz CT molecular complexity index is 1050. The monoisotopic (exact) mass is 422 g/mol. The molecular weight excluding hydrogens is 392 g/mol. The minimum atomic E-state index is -0.0644. The average molecular weight is 423 g/mol. The number of pyridine rings is 1. The molecule has 1 saturated heterocycles. The number of hydrogen-bond acceptors (Lipinski definition) is 5. The zero-order chi connectivity index (χ0) is 22.1. The van der Waals surface area contributed by atoms with Crippen molar-refractivity contribution in [2.24, 2.45) is 16.8 Å². The second-order valence-electron chi connectivity index (χ2n) is 9.14. The first-order valence-electron chi connectivity index (χ1n) is 10.9. The predicted molar refractivity (Wildman–Crippen MR) is 119 cm³/mol. The Balaban J connectivity index is 1.66. The molecule has 0 spiro atoms. The summed E-state index contributed by atoms with van der Waals surface area (Å²) in [5, 5.41) is 3.02. The van der Waals surface area contributed by atoms with Gasteiger partial charge in [-0.2, -0.15) is 4.99 Å². The number of aromatic nitrogens is 3. The summed E-state index contributed by atoms with van der Waals surface area (Å²) in [6.45, 7) is 9.95. The first kappa shape index (κ1) is 21.2. The van der Waals surface area contributed by atoms with Crippen LogP contribution in [0.25, 0.3) is 0 Å². The van der Waals surface area contributed by atoms with Crippen molar-refractivity contribution >= 4 is 17.8 Å². The van der Waals surface area contributed by atoms with Gasteiger partial charge in [0.05, 0.1) is 0 Å². The Labute approximate surface area is 182 Å². The Hall–Kier alpha value is -3.03. The molecule has 0 saturated carbocycles. The summed E-state index contributed by atoms with van der Waals surface area (Å²) >= 11 is 0. The standard InChI is InChI=1S/C23H30N6O2/c1-14(2)8-20(30)26-23(27-22-24-15(3)9-16(4)25-22)28-11-17-10-18(13-28)19-6-5-7-21(31)29(19)12-17/h5-7,9,14,17-18H,8,10-13H2,1-4H3,(H,24,25,26,27,30)/t17-,18+/m1/s1. The molecule has 1 amide bonds. The number of nitrogens with zero attached hydrogens (tertiary/aromatic N) is 5. The van der Waals surface area contributed by atoms with Gasteiger partial charge in [0, 0.05) is 55.1 Å². The highest BCUT2D eigenvalue weighted by atomic mass is 16.2. The maximum Gasteiger partial charge on any atom is 0.253 e. The number of hydrogen-bond donors (Lipinski definition) is 1. The molecule has 2 bridgehead atoms. The average Bonchev–Trinajstić information content (AvgIpc) is 2.67. The Morgan fingerprint density at radius 1 is 1.19 bits per heavy atom. The number of carbonyl (C=O) groups excluding carboxylic acids is 1. The molecule has 0 unspecified atom stereocenters. The van der Waals surface area contributed by atoms with Crippen molar-refractivity contribution in [2.45, 2.75) is 53.0 Å². The summed E-state index contributed by atoms with van der Waals surface area (Å²) in [5.74, 6) is 1.57. The van der Waals surface area contributed by atoms with Gasteiger partial charge in [-0.3, -0.25) is 14.9 Å². The number of piperidine rings is 1. The third-order valence-corrected chi connectivity index (χ3v) is 5.80. The summed E-state index contributed by atoms with van der Waals surface area (Å²) < 4.78 is 1.90. The molecule has 2 aromatic rings. The number of aliphatic imine (C=N–C) groups is 1. The molecule has 8 nitrogen and oxygen atoms in total. The first-order valence-corrected chi connectivity index (χ1v) is 10.9. The van der Waals surface area contributed by atoms with E-state index in [9.17, 15) is 9.59 Å². The number of guanidine groups is 1. The summed E-state index contributed by atoms with van der Waals surface area (Å²) in [5.41, 5.74) is 2.79. The molecule has 2 atom stereocenters. The zero-order valence-corrected chi connectivity index (χ0v) is 18.6. The molecule has 164 valence electrons. The minimum Gasteiger partial charge on any atom is -0.341 e. The first-order chi connectivity index (χ1) is 14.8. The van der Waals surface area contributed by atoms with E-state index < -0.39 is 0 Å². The van der Waals surface area contributed by atoms with Crippen molar-refractivity contribution in [2.75, 3.05) is 13.1 Å². The van der Waals surface area contributed by atoms with Crippen LogP contribution in [0.3, 0.4) is 0 Å². The lowest BCUT2D eigenvalue weighted by Gasteiger charge is -2.43. The number of rotatable bonds is 3. The second-order valence-corrected chi connectivity index (χ2v) is 9.14. The van der Waals surface area contributed by atoms with E-state index in [4.69, 9.17) is 0 Å². The molecule has 8 heteroatoms. The maximum atomic E-state index is 12.6. The fourth-order valence-corrected chi connectivity index (χ4v) is 4.65. The van der Waals surface area contributed by atoms with Gasteiger partial charge in [-0.05, 0) is 44.2 Å². The van der Waals surface area contributed by atoms with Crippen molar-refractivity contribution in [1.29, 1.82) is 0 Å². The maximum absolute atomic E-state index is 12.6. The van der Waals surface area contributed by atoms with E-state index in [1.54, 1.807) is 6.07 Å². The summed E-state index contributed by atoms with van der Waals surface area (Å²) in [7, 11) is 0. The number of carbonyl (C=O) groups is 1. The van der Waals surface area contributed by atoms with Crippen LogP contribution in [0.4, 0.5) is 5.95 Å². The molecule has 2 aliphatic heterocycles. The Kier molecular flexibility index (Phi) is 5.89. The van der Waals surface area contributed by atoms with Crippen molar-refractivity contribution in [3.63, 3.8) is 0 Å². The molecule has 0 radical (unpaired) electrons. The normalized spacial score (nSPS) is 20.5. The molecule has 4 heterocycles. The lowest BCUT2D eigenvalue weighted by molar-refractivity contribution is -0.120. The number of aryl methyl sites for hydroxylation is 2. The van der Waals surface area contributed by atoms with Gasteiger partial charge in [0.2, 0.25) is 11.9 Å². The quantitative estimate of drug-likeness (QED) is 0.606. The van der Waals surface area contributed by atoms with E-state index in [2.05, 4.69) is 25.2 Å². The number of likely N-dealkylation sites (tertiary alicyclic amines) is 1. The number of fused-ring (bicyclic) bond motifs is 4. The topological polar surface area (TPSA) is 92.5 Å². The van der Waals surface area contributed by atoms with E-state index in [1.165, 1.54) is 0 Å². The van der Waals surface area contributed by atoms with Crippen LogP contribution in [0.5, 0.6) is 0 Å². The van der Waals surface area contributed by atoms with E-state index in [0.29, 0.717) is 37.3 Å². The van der Waals surface area contributed by atoms with Gasteiger partial charge in [-0.15, -0.1) is 0 Å². The van der Waals surface area contributed by atoms with Crippen LogP contribution in [0.1, 0.15) is 49.7 Å². The van der Waals surface area contributed by atoms with Gasteiger partial charge in [-0.25, -0.2) is 9.97 Å². The third-order valence-electron chi connectivity index (χ3n) is 5.80. The van der Waals surface area contributed by atoms with Crippen molar-refractivity contribution < 1.29 is 4.79 Å². The number of nitrogens with one attached hydrogen (secondary N) is 1. The zero-order valence-electron chi connectivity index (χ0n) is 18.6. The summed E-state index contributed by atoms with van der Waals surface area (Å²) in [6, 6.07) is 7.39. The molecule has 1 N–H and O–H groups in total. The van der Waals surface area contributed by atoms with E-state index in [-0.39, 0.29) is 23.3 Å². The summed E-state index contributed by atoms with van der Waals surface area (Å²) in [4.78, 5) is 40.6. The van der Waals surface area contributed by atoms with Crippen LogP contribution in [0, 0.1) is 25.7 Å². The second kappa shape index (κ2) is 8.61. The molecule has 2 aliphatic rings. The molecule has 1 fully saturated rings. The summed E-state index contributed by atoms with van der Waals surface area (Å²) in [6.07, 6.45) is 1.46. The molecular formula is C23H30N6O2. The van der Waals surface area contributed by atoms with Gasteiger partial charge in [0.25, 0.3) is 11.5 Å². The molecule has 31 heavy (non-hydrogen) atoms. The Morgan fingerprint density at radius 2 is 1.94 bits per heavy atom. The van der Waals surface area contributed by atoms with Crippen molar-refractivity contribution in [1.82, 2.24) is 24.8 Å². The minimum absolute atomic E-state index is 0.0587. The van der Waals surface area contributed by atoms with Crippen LogP contribution < -0.4 is 10.9 Å². The SMILES string of the molecule is Cc1cc(C)nc(N=C(NC(=O)CC(C)C)N2C[C@H]3C[C@@H](C2)c2cccc(=O)n2C3)n1. The van der Waals surface area contributed by atoms with Gasteiger partial charge >= 0.3 is 0 Å². The molecule has 2 aromatic heterocycles. The highest BCUT2D eigenvalue weighted by molar-refractivity contribution is 5.98. The van der Waals surface area contributed by atoms with Crippen LogP contribution in [-0.4, -0.2) is 44.4 Å².